The van der Waals surface area contributed by atoms with Gasteiger partial charge < -0.3 is 0 Å². The summed E-state index contributed by atoms with van der Waals surface area (Å²) in [6.07, 6.45) is 16.4. The van der Waals surface area contributed by atoms with Crippen molar-refractivity contribution in [3.05, 3.63) is 45.5 Å². The van der Waals surface area contributed by atoms with Crippen molar-refractivity contribution in [2.75, 3.05) is 0 Å². The van der Waals surface area contributed by atoms with E-state index >= 15 is 0 Å². The van der Waals surface area contributed by atoms with Crippen LogP contribution >= 0.6 is 0 Å². The minimum atomic E-state index is 0.230. The van der Waals surface area contributed by atoms with Gasteiger partial charge in [-0.15, -0.1) is 0 Å². The highest BCUT2D eigenvalue weighted by molar-refractivity contribution is 5.56. The summed E-state index contributed by atoms with van der Waals surface area (Å²) in [5, 5.41) is 0. The number of hydrogen-bond acceptors (Lipinski definition) is 0. The molecule has 3 aliphatic carbocycles. The lowest BCUT2D eigenvalue weighted by molar-refractivity contribution is 0.0987. The van der Waals surface area contributed by atoms with Gasteiger partial charge in [-0.3, -0.25) is 0 Å². The average Bonchev–Trinajstić information content (AvgIpc) is 2.72. The van der Waals surface area contributed by atoms with Crippen molar-refractivity contribution in [1.82, 2.24) is 0 Å². The second-order valence-corrected chi connectivity index (χ2v) is 14.3. The van der Waals surface area contributed by atoms with E-state index in [4.69, 9.17) is 0 Å². The molecule has 0 amide bonds. The molecule has 0 heterocycles. The predicted octanol–water partition coefficient (Wildman–Crippen LogP) is 9.67. The maximum atomic E-state index is 2.73. The van der Waals surface area contributed by atoms with Gasteiger partial charge in [0.15, 0.2) is 0 Å². The standard InChI is InChI=1S/C33H52/c1-22-10-11-23(2)16-18-32(8)26(13-12-22)17-19-33(9)29-20-24(3)28(21-31(5,6)7)25(4)27(29)14-15-30(32)33/h15,20,22-23,26H,10-14,16-19,21H2,1-9H3. The summed E-state index contributed by atoms with van der Waals surface area (Å²) in [6.45, 7) is 22.3. The summed E-state index contributed by atoms with van der Waals surface area (Å²) in [5.41, 5.74) is 10.8. The van der Waals surface area contributed by atoms with Gasteiger partial charge in [-0.25, -0.2) is 0 Å². The molecule has 0 bridgehead atoms. The predicted molar refractivity (Wildman–Crippen MR) is 145 cm³/mol. The molecule has 2 saturated carbocycles. The third-order valence-corrected chi connectivity index (χ3v) is 10.3. The first-order valence-corrected chi connectivity index (χ1v) is 14.2. The number of fused-ring (bicyclic) bond motifs is 5. The molecule has 2 fully saturated rings. The van der Waals surface area contributed by atoms with E-state index in [0.29, 0.717) is 10.8 Å². The van der Waals surface area contributed by atoms with Crippen LogP contribution in [0.4, 0.5) is 0 Å². The smallest absolute Gasteiger partial charge is 0.0142 e. The van der Waals surface area contributed by atoms with Crippen molar-refractivity contribution in [1.29, 1.82) is 0 Å². The van der Waals surface area contributed by atoms with Gasteiger partial charge in [0.1, 0.15) is 0 Å². The minimum absolute atomic E-state index is 0.230. The number of benzene rings is 1. The first kappa shape index (κ1) is 25.1. The van der Waals surface area contributed by atoms with E-state index in [9.17, 15) is 0 Å². The highest BCUT2D eigenvalue weighted by Gasteiger charge is 2.51. The quantitative estimate of drug-likeness (QED) is 0.375. The molecular formula is C33H52. The van der Waals surface area contributed by atoms with Crippen LogP contribution in [0.25, 0.3) is 0 Å². The fourth-order valence-electron chi connectivity index (χ4n) is 8.03. The maximum absolute atomic E-state index is 2.73. The molecule has 0 aromatic heterocycles. The Morgan fingerprint density at radius 1 is 0.879 bits per heavy atom. The Morgan fingerprint density at radius 2 is 1.52 bits per heavy atom. The monoisotopic (exact) mass is 448 g/mol. The zero-order valence-electron chi connectivity index (χ0n) is 23.5. The highest BCUT2D eigenvalue weighted by atomic mass is 14.6. The molecule has 5 unspecified atom stereocenters. The first-order chi connectivity index (χ1) is 15.3. The molecule has 0 N–H and O–H groups in total. The lowest BCUT2D eigenvalue weighted by Crippen LogP contribution is -2.47. The van der Waals surface area contributed by atoms with Gasteiger partial charge in [0.05, 0.1) is 0 Å². The van der Waals surface area contributed by atoms with E-state index in [2.05, 4.69) is 74.5 Å². The molecule has 0 nitrogen and oxygen atoms in total. The summed E-state index contributed by atoms with van der Waals surface area (Å²) in [6, 6.07) is 2.63. The maximum Gasteiger partial charge on any atom is 0.0142 e. The van der Waals surface area contributed by atoms with E-state index in [-0.39, 0.29) is 5.41 Å². The Bertz CT molecular complexity index is 909. The van der Waals surface area contributed by atoms with Crippen molar-refractivity contribution in [2.45, 2.75) is 132 Å². The summed E-state index contributed by atoms with van der Waals surface area (Å²) < 4.78 is 0. The summed E-state index contributed by atoms with van der Waals surface area (Å²) in [7, 11) is 0. The van der Waals surface area contributed by atoms with Gasteiger partial charge in [0.2, 0.25) is 0 Å². The van der Waals surface area contributed by atoms with Gasteiger partial charge in [-0.1, -0.05) is 85.4 Å². The van der Waals surface area contributed by atoms with Gasteiger partial charge in [0, 0.05) is 5.41 Å². The molecule has 184 valence electrons. The summed E-state index contributed by atoms with van der Waals surface area (Å²) in [4.78, 5) is 0. The van der Waals surface area contributed by atoms with Crippen molar-refractivity contribution in [3.8, 4) is 0 Å². The van der Waals surface area contributed by atoms with E-state index < -0.39 is 0 Å². The summed E-state index contributed by atoms with van der Waals surface area (Å²) in [5.74, 6) is 2.64. The van der Waals surface area contributed by atoms with Crippen LogP contribution in [0.15, 0.2) is 17.7 Å². The Hall–Kier alpha value is -1.04. The van der Waals surface area contributed by atoms with Crippen molar-refractivity contribution in [2.24, 2.45) is 28.6 Å². The zero-order valence-corrected chi connectivity index (χ0v) is 23.5. The van der Waals surface area contributed by atoms with Crippen LogP contribution in [0, 0.1) is 42.4 Å². The number of rotatable bonds is 1. The molecule has 5 atom stereocenters. The number of aryl methyl sites for hydroxylation is 1. The zero-order chi connectivity index (χ0) is 24.2. The van der Waals surface area contributed by atoms with Crippen LogP contribution in [0.5, 0.6) is 0 Å². The second kappa shape index (κ2) is 8.87. The SMILES string of the molecule is Cc1cc2c(c(C)c1CC(C)(C)C)CC=C1C2(C)CCC2CCC(C)CCC(C)CCC12C. The molecule has 3 aliphatic rings. The third kappa shape index (κ3) is 4.62. The molecular weight excluding hydrogens is 396 g/mol. The van der Waals surface area contributed by atoms with Crippen LogP contribution in [-0.4, -0.2) is 0 Å². The molecule has 0 saturated heterocycles. The molecule has 33 heavy (non-hydrogen) atoms. The molecule has 0 aliphatic heterocycles. The van der Waals surface area contributed by atoms with Gasteiger partial charge in [-0.2, -0.15) is 0 Å². The largest absolute Gasteiger partial charge is 0.0795 e. The van der Waals surface area contributed by atoms with Gasteiger partial charge in [-0.05, 0) is 115 Å². The van der Waals surface area contributed by atoms with E-state index in [1.165, 1.54) is 63.4 Å². The second-order valence-electron chi connectivity index (χ2n) is 14.3. The molecule has 0 spiro atoms. The first-order valence-electron chi connectivity index (χ1n) is 14.2. The lowest BCUT2D eigenvalue weighted by atomic mass is 9.49. The Kier molecular flexibility index (Phi) is 6.74. The third-order valence-electron chi connectivity index (χ3n) is 10.3. The normalized spacial score (nSPS) is 35.2. The molecule has 4 rings (SSSR count). The fraction of sp³-hybridized carbons (Fsp3) is 0.758. The highest BCUT2D eigenvalue weighted by Crippen LogP contribution is 2.61. The molecule has 1 aromatic carbocycles. The van der Waals surface area contributed by atoms with Crippen LogP contribution in [-0.2, 0) is 18.3 Å². The van der Waals surface area contributed by atoms with Crippen LogP contribution in [0.1, 0.15) is 128 Å². The van der Waals surface area contributed by atoms with Crippen molar-refractivity contribution < 1.29 is 0 Å². The van der Waals surface area contributed by atoms with Crippen molar-refractivity contribution in [3.63, 3.8) is 0 Å². The molecule has 1 aromatic rings. The Labute approximate surface area is 206 Å². The van der Waals surface area contributed by atoms with Crippen molar-refractivity contribution >= 4 is 0 Å². The van der Waals surface area contributed by atoms with E-state index in [0.717, 1.165) is 24.2 Å². The lowest BCUT2D eigenvalue weighted by Gasteiger charge is -2.55. The number of allylic oxidation sites excluding steroid dienone is 2. The summed E-state index contributed by atoms with van der Waals surface area (Å²) >= 11 is 0. The van der Waals surface area contributed by atoms with E-state index in [1.54, 1.807) is 22.3 Å². The van der Waals surface area contributed by atoms with Gasteiger partial charge >= 0.3 is 0 Å². The Morgan fingerprint density at radius 3 is 2.18 bits per heavy atom. The van der Waals surface area contributed by atoms with Crippen LogP contribution in [0.2, 0.25) is 0 Å². The molecule has 0 radical (unpaired) electrons. The minimum Gasteiger partial charge on any atom is -0.0795 e. The topological polar surface area (TPSA) is 0 Å². The Balaban J connectivity index is 1.76. The van der Waals surface area contributed by atoms with Gasteiger partial charge in [0.25, 0.3) is 0 Å². The molecule has 0 heteroatoms. The van der Waals surface area contributed by atoms with Crippen LogP contribution < -0.4 is 0 Å². The van der Waals surface area contributed by atoms with Crippen LogP contribution in [0.3, 0.4) is 0 Å². The average molecular weight is 449 g/mol. The number of hydrogen-bond donors (Lipinski definition) is 0. The fourth-order valence-corrected chi connectivity index (χ4v) is 8.03. The van der Waals surface area contributed by atoms with E-state index in [1.807, 2.05) is 5.57 Å².